The summed E-state index contributed by atoms with van der Waals surface area (Å²) in [6.45, 7) is 0. The molecule has 0 radical (unpaired) electrons. The summed E-state index contributed by atoms with van der Waals surface area (Å²) in [6, 6.07) is 7.74. The second kappa shape index (κ2) is 4.88. The molecule has 0 amide bonds. The Morgan fingerprint density at radius 1 is 1.17 bits per heavy atom. The lowest BCUT2D eigenvalue weighted by Crippen LogP contribution is -1.95. The Morgan fingerprint density at radius 3 is 2.78 bits per heavy atom. The van der Waals surface area contributed by atoms with E-state index in [0.717, 1.165) is 21.9 Å². The zero-order valence-electron chi connectivity index (χ0n) is 9.30. The van der Waals surface area contributed by atoms with Gasteiger partial charge in [-0.3, -0.25) is 4.98 Å². The molecule has 1 N–H and O–H groups in total. The zero-order valence-corrected chi connectivity index (χ0v) is 10.9. The van der Waals surface area contributed by atoms with Crippen molar-refractivity contribution in [3.8, 4) is 0 Å². The normalized spacial score (nSPS) is 10.7. The summed E-state index contributed by atoms with van der Waals surface area (Å²) in [5.41, 5.74) is 2.60. The highest BCUT2D eigenvalue weighted by Gasteiger charge is 2.03. The van der Waals surface area contributed by atoms with Crippen LogP contribution in [0, 0.1) is 0 Å². The van der Waals surface area contributed by atoms with E-state index in [1.165, 1.54) is 11.3 Å². The summed E-state index contributed by atoms with van der Waals surface area (Å²) in [5, 5.41) is 5.82. The highest BCUT2D eigenvalue weighted by atomic mass is 35.5. The van der Waals surface area contributed by atoms with Gasteiger partial charge in [-0.25, -0.2) is 9.97 Å². The molecule has 0 fully saturated rings. The minimum Gasteiger partial charge on any atom is -0.315 e. The molecule has 0 atom stereocenters. The van der Waals surface area contributed by atoms with E-state index >= 15 is 0 Å². The minimum absolute atomic E-state index is 0.418. The summed E-state index contributed by atoms with van der Waals surface area (Å²) in [6.07, 6.45) is 1.70. The van der Waals surface area contributed by atoms with Crippen molar-refractivity contribution in [1.29, 1.82) is 0 Å². The lowest BCUT2D eigenvalue weighted by atomic mass is 10.3. The number of alkyl halides is 1. The Labute approximate surface area is 113 Å². The second-order valence-corrected chi connectivity index (χ2v) is 4.77. The van der Waals surface area contributed by atoms with Gasteiger partial charge in [-0.05, 0) is 12.1 Å². The first-order valence-corrected chi connectivity index (χ1v) is 6.76. The molecule has 0 aliphatic heterocycles. The van der Waals surface area contributed by atoms with E-state index < -0.39 is 0 Å². The molecule has 4 nitrogen and oxygen atoms in total. The maximum atomic E-state index is 5.71. The number of nitrogens with one attached hydrogen (secondary N) is 1. The monoisotopic (exact) mass is 276 g/mol. The SMILES string of the molecule is ClCc1csc(Nc2cnc3ccccc3n2)n1. The van der Waals surface area contributed by atoms with Crippen LogP contribution in [0.15, 0.2) is 35.8 Å². The number of hydrogen-bond donors (Lipinski definition) is 1. The number of benzene rings is 1. The maximum absolute atomic E-state index is 5.71. The number of aromatic nitrogens is 3. The van der Waals surface area contributed by atoms with E-state index in [1.807, 2.05) is 29.6 Å². The lowest BCUT2D eigenvalue weighted by molar-refractivity contribution is 1.21. The van der Waals surface area contributed by atoms with Crippen LogP contribution in [0.1, 0.15) is 5.69 Å². The first-order valence-electron chi connectivity index (χ1n) is 5.34. The van der Waals surface area contributed by atoms with Crippen molar-refractivity contribution >= 4 is 44.9 Å². The number of nitrogens with zero attached hydrogens (tertiary/aromatic N) is 3. The molecule has 3 rings (SSSR count). The number of fused-ring (bicyclic) bond motifs is 1. The van der Waals surface area contributed by atoms with Crippen molar-refractivity contribution in [3.63, 3.8) is 0 Å². The Hall–Kier alpha value is -1.72. The fraction of sp³-hybridized carbons (Fsp3) is 0.0833. The summed E-state index contributed by atoms with van der Waals surface area (Å²) >= 11 is 7.21. The summed E-state index contributed by atoms with van der Waals surface area (Å²) in [4.78, 5) is 13.1. The summed E-state index contributed by atoms with van der Waals surface area (Å²) in [5.74, 6) is 1.10. The average Bonchev–Trinajstić information content (AvgIpc) is 2.86. The predicted molar refractivity (Wildman–Crippen MR) is 74.5 cm³/mol. The standard InChI is InChI=1S/C12H9ClN4S/c13-5-8-7-18-12(15-8)17-11-6-14-9-3-1-2-4-10(9)16-11/h1-4,6-7H,5H2,(H,15,16,17). The topological polar surface area (TPSA) is 50.7 Å². The molecule has 2 aromatic heterocycles. The van der Waals surface area contributed by atoms with Crippen molar-refractivity contribution < 1.29 is 0 Å². The van der Waals surface area contributed by atoms with Crippen LogP contribution in [0.25, 0.3) is 11.0 Å². The van der Waals surface area contributed by atoms with Crippen molar-refractivity contribution in [3.05, 3.63) is 41.5 Å². The Balaban J connectivity index is 1.90. The van der Waals surface area contributed by atoms with Gasteiger partial charge < -0.3 is 5.32 Å². The highest BCUT2D eigenvalue weighted by Crippen LogP contribution is 2.21. The van der Waals surface area contributed by atoms with Gasteiger partial charge in [0.2, 0.25) is 0 Å². The number of halogens is 1. The molecule has 90 valence electrons. The third-order valence-electron chi connectivity index (χ3n) is 2.37. The number of thiazole rings is 1. The van der Waals surface area contributed by atoms with Crippen LogP contribution >= 0.6 is 22.9 Å². The first kappa shape index (κ1) is 11.4. The van der Waals surface area contributed by atoms with Gasteiger partial charge in [0, 0.05) is 5.38 Å². The molecule has 3 aromatic rings. The Morgan fingerprint density at radius 2 is 2.00 bits per heavy atom. The smallest absolute Gasteiger partial charge is 0.188 e. The molecule has 0 saturated heterocycles. The molecule has 0 aliphatic carbocycles. The van der Waals surface area contributed by atoms with E-state index in [0.29, 0.717) is 11.7 Å². The van der Waals surface area contributed by atoms with Crippen molar-refractivity contribution in [2.24, 2.45) is 0 Å². The van der Waals surface area contributed by atoms with E-state index in [4.69, 9.17) is 11.6 Å². The number of para-hydroxylation sites is 2. The van der Waals surface area contributed by atoms with Gasteiger partial charge in [0.25, 0.3) is 0 Å². The number of rotatable bonds is 3. The number of anilines is 2. The third-order valence-corrected chi connectivity index (χ3v) is 3.45. The van der Waals surface area contributed by atoms with Crippen LogP contribution in [0.3, 0.4) is 0 Å². The van der Waals surface area contributed by atoms with Crippen LogP contribution in [-0.2, 0) is 5.88 Å². The maximum Gasteiger partial charge on any atom is 0.188 e. The average molecular weight is 277 g/mol. The van der Waals surface area contributed by atoms with Crippen LogP contribution in [0.4, 0.5) is 10.9 Å². The van der Waals surface area contributed by atoms with Crippen molar-refractivity contribution in [1.82, 2.24) is 15.0 Å². The van der Waals surface area contributed by atoms with Gasteiger partial charge in [-0.1, -0.05) is 12.1 Å². The van der Waals surface area contributed by atoms with Crippen LogP contribution in [-0.4, -0.2) is 15.0 Å². The zero-order chi connectivity index (χ0) is 12.4. The molecule has 0 bridgehead atoms. The van der Waals surface area contributed by atoms with Gasteiger partial charge in [0.15, 0.2) is 10.9 Å². The van der Waals surface area contributed by atoms with Crippen molar-refractivity contribution in [2.45, 2.75) is 5.88 Å². The van der Waals surface area contributed by atoms with E-state index in [9.17, 15) is 0 Å². The van der Waals surface area contributed by atoms with Crippen molar-refractivity contribution in [2.75, 3.05) is 5.32 Å². The molecule has 0 saturated carbocycles. The van der Waals surface area contributed by atoms with Crippen LogP contribution in [0.2, 0.25) is 0 Å². The van der Waals surface area contributed by atoms with Gasteiger partial charge >= 0.3 is 0 Å². The third kappa shape index (κ3) is 2.27. The molecule has 0 aliphatic rings. The van der Waals surface area contributed by atoms with Gasteiger partial charge in [-0.2, -0.15) is 0 Å². The van der Waals surface area contributed by atoms with E-state index in [-0.39, 0.29) is 0 Å². The minimum atomic E-state index is 0.418. The van der Waals surface area contributed by atoms with Crippen LogP contribution < -0.4 is 5.32 Å². The van der Waals surface area contributed by atoms with Gasteiger partial charge in [0.1, 0.15) is 0 Å². The fourth-order valence-electron chi connectivity index (χ4n) is 1.55. The largest absolute Gasteiger partial charge is 0.315 e. The lowest BCUT2D eigenvalue weighted by Gasteiger charge is -2.02. The first-order chi connectivity index (χ1) is 8.85. The molecule has 1 aromatic carbocycles. The molecular weight excluding hydrogens is 268 g/mol. The number of hydrogen-bond acceptors (Lipinski definition) is 5. The molecule has 0 unspecified atom stereocenters. The summed E-state index contributed by atoms with van der Waals surface area (Å²) in [7, 11) is 0. The molecule has 6 heteroatoms. The summed E-state index contributed by atoms with van der Waals surface area (Å²) < 4.78 is 0. The van der Waals surface area contributed by atoms with Gasteiger partial charge in [0.05, 0.1) is 28.8 Å². The Bertz CT molecular complexity index is 682. The second-order valence-electron chi connectivity index (χ2n) is 3.65. The van der Waals surface area contributed by atoms with E-state index in [2.05, 4.69) is 20.3 Å². The van der Waals surface area contributed by atoms with E-state index in [1.54, 1.807) is 6.20 Å². The van der Waals surface area contributed by atoms with Crippen LogP contribution in [0.5, 0.6) is 0 Å². The predicted octanol–water partition coefficient (Wildman–Crippen LogP) is 3.57. The molecular formula is C12H9ClN4S. The van der Waals surface area contributed by atoms with Gasteiger partial charge in [-0.15, -0.1) is 22.9 Å². The highest BCUT2D eigenvalue weighted by molar-refractivity contribution is 7.13. The quantitative estimate of drug-likeness (QED) is 0.743. The molecule has 2 heterocycles. The fourth-order valence-corrected chi connectivity index (χ4v) is 2.50. The molecule has 0 spiro atoms. The molecule has 18 heavy (non-hydrogen) atoms. The Kier molecular flexibility index (Phi) is 3.08.